The Morgan fingerprint density at radius 2 is 2.11 bits per heavy atom. The summed E-state index contributed by atoms with van der Waals surface area (Å²) in [5.74, 6) is 0.381. The third-order valence-corrected chi connectivity index (χ3v) is 3.65. The molecule has 4 heteroatoms. The van der Waals surface area contributed by atoms with Crippen molar-refractivity contribution in [3.05, 3.63) is 29.6 Å². The number of benzene rings is 1. The zero-order valence-corrected chi connectivity index (χ0v) is 10.2. The van der Waals surface area contributed by atoms with Crippen LogP contribution in [0.4, 0.5) is 10.1 Å². The fourth-order valence-electron chi connectivity index (χ4n) is 2.63. The molecule has 1 aliphatic carbocycles. The molecule has 1 aromatic carbocycles. The van der Waals surface area contributed by atoms with Crippen molar-refractivity contribution >= 4 is 5.69 Å². The Morgan fingerprint density at radius 3 is 2.83 bits per heavy atom. The predicted octanol–water partition coefficient (Wildman–Crippen LogP) is 2.52. The van der Waals surface area contributed by atoms with Crippen molar-refractivity contribution in [1.82, 2.24) is 0 Å². The Morgan fingerprint density at radius 1 is 1.33 bits per heavy atom. The zero-order valence-electron chi connectivity index (χ0n) is 10.2. The fraction of sp³-hybridized carbons (Fsp3) is 0.500. The van der Waals surface area contributed by atoms with Crippen molar-refractivity contribution in [2.24, 2.45) is 11.8 Å². The van der Waals surface area contributed by atoms with E-state index in [2.05, 4.69) is 5.32 Å². The van der Waals surface area contributed by atoms with Crippen LogP contribution in [-0.2, 0) is 0 Å². The van der Waals surface area contributed by atoms with Crippen LogP contribution in [0.5, 0.6) is 0 Å². The lowest BCUT2D eigenvalue weighted by atomic mass is 9.97. The van der Waals surface area contributed by atoms with Crippen molar-refractivity contribution in [3.8, 4) is 6.07 Å². The molecule has 0 aliphatic heterocycles. The first kappa shape index (κ1) is 12.8. The van der Waals surface area contributed by atoms with Crippen LogP contribution in [0.25, 0.3) is 0 Å². The SMILES string of the molecule is N#Cc1cc(F)cc(NCC2CCCC2CO)c1. The molecule has 0 radical (unpaired) electrons. The average molecular weight is 248 g/mol. The van der Waals surface area contributed by atoms with Gasteiger partial charge in [-0.25, -0.2) is 4.39 Å². The van der Waals surface area contributed by atoms with E-state index < -0.39 is 5.82 Å². The van der Waals surface area contributed by atoms with Crippen LogP contribution >= 0.6 is 0 Å². The highest BCUT2D eigenvalue weighted by atomic mass is 19.1. The summed E-state index contributed by atoms with van der Waals surface area (Å²) in [6, 6.07) is 6.19. The minimum Gasteiger partial charge on any atom is -0.396 e. The summed E-state index contributed by atoms with van der Waals surface area (Å²) in [5, 5.41) is 21.2. The smallest absolute Gasteiger partial charge is 0.126 e. The summed E-state index contributed by atoms with van der Waals surface area (Å²) in [6.45, 7) is 0.943. The lowest BCUT2D eigenvalue weighted by Crippen LogP contribution is -2.20. The van der Waals surface area contributed by atoms with E-state index in [1.807, 2.05) is 6.07 Å². The molecule has 0 bridgehead atoms. The van der Waals surface area contributed by atoms with Crippen molar-refractivity contribution in [2.45, 2.75) is 19.3 Å². The van der Waals surface area contributed by atoms with Crippen LogP contribution in [0.3, 0.4) is 0 Å². The molecule has 2 N–H and O–H groups in total. The number of nitrogens with zero attached hydrogens (tertiary/aromatic N) is 1. The molecule has 1 aliphatic rings. The van der Waals surface area contributed by atoms with Gasteiger partial charge in [0.05, 0.1) is 11.6 Å². The van der Waals surface area contributed by atoms with Crippen LogP contribution in [0.2, 0.25) is 0 Å². The van der Waals surface area contributed by atoms with Gasteiger partial charge in [0.2, 0.25) is 0 Å². The Labute approximate surface area is 106 Å². The molecule has 18 heavy (non-hydrogen) atoms. The number of anilines is 1. The molecule has 2 rings (SSSR count). The van der Waals surface area contributed by atoms with E-state index in [9.17, 15) is 9.50 Å². The van der Waals surface area contributed by atoms with Gasteiger partial charge < -0.3 is 10.4 Å². The highest BCUT2D eigenvalue weighted by Crippen LogP contribution is 2.31. The summed E-state index contributed by atoms with van der Waals surface area (Å²) in [6.07, 6.45) is 3.30. The third kappa shape index (κ3) is 2.99. The van der Waals surface area contributed by atoms with Gasteiger partial charge in [-0.3, -0.25) is 0 Å². The van der Waals surface area contributed by atoms with E-state index in [1.54, 1.807) is 6.07 Å². The van der Waals surface area contributed by atoms with Crippen molar-refractivity contribution in [2.75, 3.05) is 18.5 Å². The molecule has 1 fully saturated rings. The number of hydrogen-bond acceptors (Lipinski definition) is 3. The standard InChI is InChI=1S/C14H17FN2O/c15-13-4-10(7-16)5-14(6-13)17-8-11-2-1-3-12(11)9-18/h4-6,11-12,17-18H,1-3,8-9H2. The molecule has 0 heterocycles. The zero-order chi connectivity index (χ0) is 13.0. The normalized spacial score (nSPS) is 22.7. The molecular formula is C14H17FN2O. The Kier molecular flexibility index (Phi) is 4.16. The summed E-state index contributed by atoms with van der Waals surface area (Å²) in [5.41, 5.74) is 0.956. The van der Waals surface area contributed by atoms with Gasteiger partial charge in [0.15, 0.2) is 0 Å². The number of rotatable bonds is 4. The van der Waals surface area contributed by atoms with E-state index in [0.717, 1.165) is 25.8 Å². The van der Waals surface area contributed by atoms with Crippen LogP contribution in [-0.4, -0.2) is 18.3 Å². The van der Waals surface area contributed by atoms with Crippen LogP contribution in [0.15, 0.2) is 18.2 Å². The number of halogens is 1. The number of nitrogens with one attached hydrogen (secondary N) is 1. The van der Waals surface area contributed by atoms with Crippen LogP contribution in [0, 0.1) is 29.0 Å². The first-order chi connectivity index (χ1) is 8.72. The molecule has 96 valence electrons. The number of aliphatic hydroxyl groups excluding tert-OH is 1. The quantitative estimate of drug-likeness (QED) is 0.860. The highest BCUT2D eigenvalue weighted by molar-refractivity contribution is 5.49. The minimum atomic E-state index is -0.401. The average Bonchev–Trinajstić information content (AvgIpc) is 2.83. The van der Waals surface area contributed by atoms with Crippen LogP contribution < -0.4 is 5.32 Å². The first-order valence-corrected chi connectivity index (χ1v) is 6.28. The van der Waals surface area contributed by atoms with Crippen molar-refractivity contribution in [1.29, 1.82) is 5.26 Å². The molecule has 3 nitrogen and oxygen atoms in total. The van der Waals surface area contributed by atoms with Gasteiger partial charge in [-0.2, -0.15) is 5.26 Å². The monoisotopic (exact) mass is 248 g/mol. The highest BCUT2D eigenvalue weighted by Gasteiger charge is 2.26. The summed E-state index contributed by atoms with van der Waals surface area (Å²) < 4.78 is 13.2. The van der Waals surface area contributed by atoms with E-state index in [4.69, 9.17) is 5.26 Å². The van der Waals surface area contributed by atoms with E-state index >= 15 is 0 Å². The second kappa shape index (κ2) is 5.83. The predicted molar refractivity (Wildman–Crippen MR) is 67.5 cm³/mol. The second-order valence-electron chi connectivity index (χ2n) is 4.85. The van der Waals surface area contributed by atoms with Crippen molar-refractivity contribution in [3.63, 3.8) is 0 Å². The van der Waals surface area contributed by atoms with Gasteiger partial charge in [-0.1, -0.05) is 6.42 Å². The summed E-state index contributed by atoms with van der Waals surface area (Å²) in [7, 11) is 0. The Bertz CT molecular complexity index is 456. The van der Waals surface area contributed by atoms with Crippen molar-refractivity contribution < 1.29 is 9.50 Å². The van der Waals surface area contributed by atoms with E-state index in [-0.39, 0.29) is 6.61 Å². The number of hydrogen-bond donors (Lipinski definition) is 2. The Balaban J connectivity index is 1.98. The molecule has 1 saturated carbocycles. The number of aliphatic hydroxyl groups is 1. The van der Waals surface area contributed by atoms with Gasteiger partial charge in [-0.05, 0) is 42.9 Å². The third-order valence-electron chi connectivity index (χ3n) is 3.65. The summed E-state index contributed by atoms with van der Waals surface area (Å²) >= 11 is 0. The first-order valence-electron chi connectivity index (χ1n) is 6.28. The second-order valence-corrected chi connectivity index (χ2v) is 4.85. The maximum absolute atomic E-state index is 13.2. The maximum Gasteiger partial charge on any atom is 0.126 e. The van der Waals surface area contributed by atoms with Gasteiger partial charge >= 0.3 is 0 Å². The van der Waals surface area contributed by atoms with E-state index in [0.29, 0.717) is 23.1 Å². The van der Waals surface area contributed by atoms with Gasteiger partial charge in [0, 0.05) is 18.8 Å². The van der Waals surface area contributed by atoms with Gasteiger partial charge in [-0.15, -0.1) is 0 Å². The molecule has 0 amide bonds. The van der Waals surface area contributed by atoms with E-state index in [1.165, 1.54) is 12.1 Å². The lowest BCUT2D eigenvalue weighted by molar-refractivity contribution is 0.199. The lowest BCUT2D eigenvalue weighted by Gasteiger charge is -2.18. The minimum absolute atomic E-state index is 0.221. The molecule has 0 saturated heterocycles. The molecule has 2 unspecified atom stereocenters. The fourth-order valence-corrected chi connectivity index (χ4v) is 2.63. The molecule has 1 aromatic rings. The largest absolute Gasteiger partial charge is 0.396 e. The molecule has 2 atom stereocenters. The molecule has 0 spiro atoms. The number of nitriles is 1. The molecular weight excluding hydrogens is 231 g/mol. The van der Waals surface area contributed by atoms with Crippen LogP contribution in [0.1, 0.15) is 24.8 Å². The van der Waals surface area contributed by atoms with Gasteiger partial charge in [0.1, 0.15) is 5.82 Å². The Hall–Kier alpha value is -1.60. The molecule has 0 aromatic heterocycles. The summed E-state index contributed by atoms with van der Waals surface area (Å²) in [4.78, 5) is 0. The maximum atomic E-state index is 13.2. The van der Waals surface area contributed by atoms with Gasteiger partial charge in [0.25, 0.3) is 0 Å². The topological polar surface area (TPSA) is 56.0 Å².